The van der Waals surface area contributed by atoms with E-state index in [0.717, 1.165) is 30.7 Å². The Morgan fingerprint density at radius 3 is 2.56 bits per heavy atom. The number of hydrogen-bond donors (Lipinski definition) is 3. The van der Waals surface area contributed by atoms with Crippen molar-refractivity contribution in [2.45, 2.75) is 19.5 Å². The first-order valence-corrected chi connectivity index (χ1v) is 11.8. The molecular weight excluding hydrogens is 535 g/mol. The molecule has 0 bridgehead atoms. The zero-order valence-corrected chi connectivity index (χ0v) is 22.0. The topological polar surface area (TPSA) is 113 Å². The normalized spacial score (nSPS) is 11.0. The maximum absolute atomic E-state index is 13.0. The van der Waals surface area contributed by atoms with E-state index >= 15 is 0 Å². The molecule has 0 unspecified atom stereocenters. The lowest BCUT2D eigenvalue weighted by Crippen LogP contribution is -3.00. The molecule has 0 fully saturated rings. The fraction of sp³-hybridized carbons (Fsp3) is 0.222. The Balaban J connectivity index is 0.00000420. The van der Waals surface area contributed by atoms with Gasteiger partial charge in [0.25, 0.3) is 5.91 Å². The van der Waals surface area contributed by atoms with Crippen LogP contribution in [0.3, 0.4) is 0 Å². The Labute approximate surface area is 229 Å². The first kappa shape index (κ1) is 29.5. The number of amides is 1. The SMILES string of the molecule is COc1cc2c(Nc3cc(NC(=O)c4cccc(C(F)(F)F)c4)ccc3C)ncnc2cc1OCCC[NH3+].[Cl-]. The smallest absolute Gasteiger partial charge is 0.416 e. The molecule has 0 aliphatic carbocycles. The third-order valence-corrected chi connectivity index (χ3v) is 5.77. The summed E-state index contributed by atoms with van der Waals surface area (Å²) >= 11 is 0. The molecule has 4 aromatic rings. The molecule has 8 nitrogen and oxygen atoms in total. The van der Waals surface area contributed by atoms with Crippen molar-refractivity contribution < 1.29 is 45.6 Å². The van der Waals surface area contributed by atoms with Gasteiger partial charge < -0.3 is 38.2 Å². The van der Waals surface area contributed by atoms with Crippen LogP contribution in [0.4, 0.5) is 30.4 Å². The first-order valence-electron chi connectivity index (χ1n) is 11.8. The molecule has 12 heteroatoms. The predicted molar refractivity (Wildman–Crippen MR) is 138 cm³/mol. The number of halogens is 4. The minimum Gasteiger partial charge on any atom is -1.00 e. The molecule has 0 atom stereocenters. The monoisotopic (exact) mass is 561 g/mol. The maximum atomic E-state index is 13.0. The molecule has 5 N–H and O–H groups in total. The number of fused-ring (bicyclic) bond motifs is 1. The zero-order valence-electron chi connectivity index (χ0n) is 21.2. The Kier molecular flexibility index (Phi) is 9.55. The van der Waals surface area contributed by atoms with Crippen LogP contribution in [0.2, 0.25) is 0 Å². The summed E-state index contributed by atoms with van der Waals surface area (Å²) in [6.07, 6.45) is -2.32. The van der Waals surface area contributed by atoms with Gasteiger partial charge >= 0.3 is 6.18 Å². The average Bonchev–Trinajstić information content (AvgIpc) is 2.90. The van der Waals surface area contributed by atoms with Gasteiger partial charge in [0.15, 0.2) is 11.5 Å². The van der Waals surface area contributed by atoms with Crippen molar-refractivity contribution in [3.63, 3.8) is 0 Å². The van der Waals surface area contributed by atoms with Gasteiger partial charge in [-0.25, -0.2) is 9.97 Å². The summed E-state index contributed by atoms with van der Waals surface area (Å²) in [5.41, 5.74) is 5.36. The van der Waals surface area contributed by atoms with Crippen LogP contribution in [0.15, 0.2) is 60.9 Å². The van der Waals surface area contributed by atoms with Gasteiger partial charge in [-0.05, 0) is 48.9 Å². The highest BCUT2D eigenvalue weighted by Gasteiger charge is 2.30. The number of carbonyl (C=O) groups is 1. The largest absolute Gasteiger partial charge is 1.00 e. The van der Waals surface area contributed by atoms with Gasteiger partial charge in [0, 0.05) is 34.8 Å². The Hall–Kier alpha value is -4.09. The van der Waals surface area contributed by atoms with Crippen molar-refractivity contribution >= 4 is 34.0 Å². The summed E-state index contributed by atoms with van der Waals surface area (Å²) in [7, 11) is 1.55. The number of hydrogen-bond acceptors (Lipinski definition) is 6. The fourth-order valence-electron chi connectivity index (χ4n) is 3.72. The van der Waals surface area contributed by atoms with Crippen LogP contribution in [-0.2, 0) is 6.18 Å². The number of anilines is 3. The molecule has 1 aromatic heterocycles. The highest BCUT2D eigenvalue weighted by molar-refractivity contribution is 6.04. The molecule has 4 rings (SSSR count). The number of quaternary nitrogens is 1. The number of alkyl halides is 3. The second-order valence-corrected chi connectivity index (χ2v) is 8.49. The van der Waals surface area contributed by atoms with Crippen molar-refractivity contribution in [3.8, 4) is 11.5 Å². The number of methoxy groups -OCH3 is 1. The second kappa shape index (κ2) is 12.6. The lowest BCUT2D eigenvalue weighted by Gasteiger charge is -2.15. The van der Waals surface area contributed by atoms with E-state index in [1.807, 2.05) is 6.92 Å². The summed E-state index contributed by atoms with van der Waals surface area (Å²) in [5, 5.41) is 6.61. The average molecular weight is 562 g/mol. The lowest BCUT2D eigenvalue weighted by molar-refractivity contribution is -0.368. The molecule has 3 aromatic carbocycles. The zero-order chi connectivity index (χ0) is 27.3. The Morgan fingerprint density at radius 2 is 1.85 bits per heavy atom. The summed E-state index contributed by atoms with van der Waals surface area (Å²) < 4.78 is 50.5. The molecule has 1 heterocycles. The van der Waals surface area contributed by atoms with Gasteiger partial charge in [-0.3, -0.25) is 4.79 Å². The van der Waals surface area contributed by atoms with Crippen molar-refractivity contribution in [1.82, 2.24) is 9.97 Å². The van der Waals surface area contributed by atoms with Crippen LogP contribution in [-0.4, -0.2) is 36.1 Å². The molecule has 0 saturated heterocycles. The standard InChI is InChI=1S/C27H26F3N5O3.ClH/c1-16-7-8-19(34-26(36)17-5-3-6-18(11-17)27(28,29)30)12-21(16)35-25-20-13-23(37-2)24(38-10-4-9-31)14-22(20)32-15-33-25;/h3,5-8,11-15H,4,9-10,31H2,1-2H3,(H,34,36)(H,32,33,35);1H. The number of aryl methyl sites for hydroxylation is 1. The van der Waals surface area contributed by atoms with Crippen molar-refractivity contribution in [2.24, 2.45) is 0 Å². The molecule has 206 valence electrons. The molecule has 0 aliphatic rings. The van der Waals surface area contributed by atoms with Gasteiger partial charge in [-0.1, -0.05) is 12.1 Å². The lowest BCUT2D eigenvalue weighted by atomic mass is 10.1. The van der Waals surface area contributed by atoms with Gasteiger partial charge in [0.1, 0.15) is 12.1 Å². The molecule has 0 saturated carbocycles. The minimum atomic E-state index is -4.54. The van der Waals surface area contributed by atoms with E-state index in [9.17, 15) is 18.0 Å². The molecule has 1 amide bonds. The van der Waals surface area contributed by atoms with Crippen LogP contribution < -0.4 is 38.2 Å². The predicted octanol–water partition coefficient (Wildman–Crippen LogP) is 1.98. The first-order chi connectivity index (χ1) is 18.2. The number of aromatic nitrogens is 2. The summed E-state index contributed by atoms with van der Waals surface area (Å²) in [6, 6.07) is 13.0. The van der Waals surface area contributed by atoms with Crippen molar-refractivity contribution in [3.05, 3.63) is 77.6 Å². The summed E-state index contributed by atoms with van der Waals surface area (Å²) in [6.45, 7) is 3.13. The van der Waals surface area contributed by atoms with Crippen LogP contribution in [0, 0.1) is 6.92 Å². The number of ether oxygens (including phenoxy) is 2. The van der Waals surface area contributed by atoms with E-state index in [1.54, 1.807) is 37.4 Å². The minimum absolute atomic E-state index is 0. The number of nitrogens with zero attached hydrogens (tertiary/aromatic N) is 2. The van der Waals surface area contributed by atoms with Gasteiger partial charge in [-0.15, -0.1) is 0 Å². The van der Waals surface area contributed by atoms with Crippen LogP contribution in [0.25, 0.3) is 10.9 Å². The number of benzene rings is 3. The number of rotatable bonds is 9. The maximum Gasteiger partial charge on any atom is 0.416 e. The third kappa shape index (κ3) is 7.06. The van der Waals surface area contributed by atoms with Gasteiger partial charge in [0.05, 0.1) is 31.3 Å². The van der Waals surface area contributed by atoms with E-state index in [4.69, 9.17) is 9.47 Å². The Bertz CT molecular complexity index is 1470. The third-order valence-electron chi connectivity index (χ3n) is 5.77. The van der Waals surface area contributed by atoms with Crippen molar-refractivity contribution in [2.75, 3.05) is 30.9 Å². The van der Waals surface area contributed by atoms with E-state index < -0.39 is 17.6 Å². The van der Waals surface area contributed by atoms with Crippen LogP contribution in [0.1, 0.15) is 27.9 Å². The molecule has 0 aliphatic heterocycles. The van der Waals surface area contributed by atoms with Gasteiger partial charge in [-0.2, -0.15) is 13.2 Å². The molecule has 0 radical (unpaired) electrons. The number of nitrogens with one attached hydrogen (secondary N) is 2. The summed E-state index contributed by atoms with van der Waals surface area (Å²) in [4.78, 5) is 21.4. The van der Waals surface area contributed by atoms with Crippen molar-refractivity contribution in [1.29, 1.82) is 0 Å². The van der Waals surface area contributed by atoms with Crippen LogP contribution >= 0.6 is 0 Å². The fourth-order valence-corrected chi connectivity index (χ4v) is 3.72. The summed E-state index contributed by atoms with van der Waals surface area (Å²) in [5.74, 6) is 0.934. The van der Waals surface area contributed by atoms with Gasteiger partial charge in [0.2, 0.25) is 0 Å². The van der Waals surface area contributed by atoms with Crippen LogP contribution in [0.5, 0.6) is 11.5 Å². The molecular formula is C27H27ClF3N5O3. The van der Waals surface area contributed by atoms with E-state index in [0.29, 0.717) is 46.2 Å². The quantitative estimate of drug-likeness (QED) is 0.269. The van der Waals surface area contributed by atoms with E-state index in [1.165, 1.54) is 18.5 Å². The second-order valence-electron chi connectivity index (χ2n) is 8.49. The van der Waals surface area contributed by atoms with E-state index in [-0.39, 0.29) is 18.0 Å². The Morgan fingerprint density at radius 1 is 1.05 bits per heavy atom. The highest BCUT2D eigenvalue weighted by Crippen LogP contribution is 2.35. The molecule has 0 spiro atoms. The number of carbonyl (C=O) groups excluding carboxylic acids is 1. The highest BCUT2D eigenvalue weighted by atomic mass is 35.5. The van der Waals surface area contributed by atoms with E-state index in [2.05, 4.69) is 26.3 Å². The molecule has 39 heavy (non-hydrogen) atoms.